The molecule has 0 aromatic heterocycles. The third-order valence-electron chi connectivity index (χ3n) is 3.37. The molecule has 4 nitrogen and oxygen atoms in total. The fourth-order valence-corrected chi connectivity index (χ4v) is 2.73. The van der Waals surface area contributed by atoms with Gasteiger partial charge < -0.3 is 14.9 Å². The Morgan fingerprint density at radius 2 is 2.00 bits per heavy atom. The summed E-state index contributed by atoms with van der Waals surface area (Å²) in [6, 6.07) is 5.44. The normalized spacial score (nSPS) is 16.9. The second-order valence-corrected chi connectivity index (χ2v) is 5.24. The number of carboxylic acid groups (broad SMARTS) is 1. The van der Waals surface area contributed by atoms with Crippen LogP contribution in [0.4, 0.5) is 5.69 Å². The molecule has 18 heavy (non-hydrogen) atoms. The zero-order valence-electron chi connectivity index (χ0n) is 10.4. The number of carbonyl (C=O) groups is 1. The van der Waals surface area contributed by atoms with Crippen molar-refractivity contribution in [1.29, 1.82) is 0 Å². The lowest BCUT2D eigenvalue weighted by molar-refractivity contribution is 0.0696. The molecule has 1 aliphatic rings. The molecule has 0 bridgehead atoms. The molecule has 0 unspecified atom stereocenters. The Bertz CT molecular complexity index is 443. The van der Waals surface area contributed by atoms with Gasteiger partial charge in [0.1, 0.15) is 0 Å². The molecule has 0 spiro atoms. The quantitative estimate of drug-likeness (QED) is 0.930. The van der Waals surface area contributed by atoms with Gasteiger partial charge in [-0.25, -0.2) is 4.79 Å². The van der Waals surface area contributed by atoms with Crippen molar-refractivity contribution < 1.29 is 9.90 Å². The van der Waals surface area contributed by atoms with Crippen molar-refractivity contribution in [3.63, 3.8) is 0 Å². The number of nitrogens with zero attached hydrogens (tertiary/aromatic N) is 2. The van der Waals surface area contributed by atoms with Crippen LogP contribution in [0, 0.1) is 0 Å². The van der Waals surface area contributed by atoms with E-state index in [1.54, 1.807) is 6.07 Å². The van der Waals surface area contributed by atoms with Crippen LogP contribution in [-0.4, -0.2) is 48.7 Å². The van der Waals surface area contributed by atoms with Crippen molar-refractivity contribution in [2.75, 3.05) is 37.6 Å². The lowest BCUT2D eigenvalue weighted by Gasteiger charge is -2.35. The predicted octanol–water partition coefficient (Wildman–Crippen LogP) is 2.29. The SMILES string of the molecule is CCN1CCN(c2ccc(C(=O)O)c(Br)c2)CC1. The zero-order valence-corrected chi connectivity index (χ0v) is 12.0. The standard InChI is InChI=1S/C13H17BrN2O2/c1-2-15-5-7-16(8-6-15)10-3-4-11(13(17)18)12(14)9-10/h3-4,9H,2,5-8H2,1H3,(H,17,18). The van der Waals surface area contributed by atoms with E-state index in [0.717, 1.165) is 38.4 Å². The molecule has 1 N–H and O–H groups in total. The molecule has 0 amide bonds. The summed E-state index contributed by atoms with van der Waals surface area (Å²) < 4.78 is 0.644. The predicted molar refractivity (Wildman–Crippen MR) is 75.4 cm³/mol. The van der Waals surface area contributed by atoms with E-state index < -0.39 is 5.97 Å². The molecule has 0 atom stereocenters. The maximum atomic E-state index is 10.9. The number of halogens is 1. The molecule has 98 valence electrons. The van der Waals surface area contributed by atoms with E-state index in [9.17, 15) is 4.79 Å². The monoisotopic (exact) mass is 312 g/mol. The fourth-order valence-electron chi connectivity index (χ4n) is 2.20. The molecular formula is C13H17BrN2O2. The molecule has 0 aliphatic carbocycles. The van der Waals surface area contributed by atoms with Crippen molar-refractivity contribution in [3.05, 3.63) is 28.2 Å². The summed E-state index contributed by atoms with van der Waals surface area (Å²) >= 11 is 3.32. The van der Waals surface area contributed by atoms with E-state index in [1.165, 1.54) is 0 Å². The molecule has 1 saturated heterocycles. The van der Waals surface area contributed by atoms with Crippen LogP contribution in [-0.2, 0) is 0 Å². The van der Waals surface area contributed by atoms with Gasteiger partial charge in [-0.2, -0.15) is 0 Å². The third-order valence-corrected chi connectivity index (χ3v) is 4.02. The van der Waals surface area contributed by atoms with Gasteiger partial charge in [0, 0.05) is 36.3 Å². The van der Waals surface area contributed by atoms with Gasteiger partial charge >= 0.3 is 5.97 Å². The second-order valence-electron chi connectivity index (χ2n) is 4.39. The second kappa shape index (κ2) is 5.71. The van der Waals surface area contributed by atoms with Crippen LogP contribution in [0.2, 0.25) is 0 Å². The molecule has 1 aromatic carbocycles. The van der Waals surface area contributed by atoms with Crippen LogP contribution in [0.3, 0.4) is 0 Å². The van der Waals surface area contributed by atoms with Gasteiger partial charge in [-0.05, 0) is 40.7 Å². The van der Waals surface area contributed by atoms with Crippen molar-refractivity contribution in [3.8, 4) is 0 Å². The van der Waals surface area contributed by atoms with Gasteiger partial charge in [0.15, 0.2) is 0 Å². The first-order valence-corrected chi connectivity index (χ1v) is 6.91. The number of hydrogen-bond acceptors (Lipinski definition) is 3. The van der Waals surface area contributed by atoms with Crippen molar-refractivity contribution in [1.82, 2.24) is 4.90 Å². The average Bonchev–Trinajstić information content (AvgIpc) is 2.38. The maximum Gasteiger partial charge on any atom is 0.336 e. The average molecular weight is 313 g/mol. The number of hydrogen-bond donors (Lipinski definition) is 1. The van der Waals surface area contributed by atoms with Crippen molar-refractivity contribution >= 4 is 27.6 Å². The summed E-state index contributed by atoms with van der Waals surface area (Å²) in [7, 11) is 0. The number of benzene rings is 1. The van der Waals surface area contributed by atoms with Gasteiger partial charge in [0.25, 0.3) is 0 Å². The Morgan fingerprint density at radius 1 is 1.33 bits per heavy atom. The van der Waals surface area contributed by atoms with Crippen molar-refractivity contribution in [2.45, 2.75) is 6.92 Å². The summed E-state index contributed by atoms with van der Waals surface area (Å²) in [5.74, 6) is -0.899. The Balaban J connectivity index is 2.11. The Morgan fingerprint density at radius 3 is 2.50 bits per heavy atom. The molecule has 0 radical (unpaired) electrons. The van der Waals surface area contributed by atoms with Crippen LogP contribution < -0.4 is 4.90 Å². The minimum absolute atomic E-state index is 0.311. The van der Waals surface area contributed by atoms with Crippen LogP contribution in [0.1, 0.15) is 17.3 Å². The highest BCUT2D eigenvalue weighted by Gasteiger charge is 2.17. The number of piperazine rings is 1. The van der Waals surface area contributed by atoms with Gasteiger partial charge in [-0.3, -0.25) is 0 Å². The van der Waals surface area contributed by atoms with Crippen LogP contribution in [0.25, 0.3) is 0 Å². The molecular weight excluding hydrogens is 296 g/mol. The first-order chi connectivity index (χ1) is 8.61. The fraction of sp³-hybridized carbons (Fsp3) is 0.462. The molecule has 1 aliphatic heterocycles. The summed E-state index contributed by atoms with van der Waals surface area (Å²) in [5.41, 5.74) is 1.40. The minimum atomic E-state index is -0.899. The summed E-state index contributed by atoms with van der Waals surface area (Å²) in [5, 5.41) is 8.98. The zero-order chi connectivity index (χ0) is 13.1. The Labute approximate surface area is 115 Å². The van der Waals surface area contributed by atoms with E-state index in [0.29, 0.717) is 10.0 Å². The third kappa shape index (κ3) is 2.84. The molecule has 2 rings (SSSR count). The van der Waals surface area contributed by atoms with Crippen LogP contribution >= 0.6 is 15.9 Å². The molecule has 1 heterocycles. The van der Waals surface area contributed by atoms with Crippen LogP contribution in [0.5, 0.6) is 0 Å². The number of likely N-dealkylation sites (N-methyl/N-ethyl adjacent to an activating group) is 1. The molecule has 5 heteroatoms. The number of aromatic carboxylic acids is 1. The highest BCUT2D eigenvalue weighted by atomic mass is 79.9. The van der Waals surface area contributed by atoms with Crippen molar-refractivity contribution in [2.24, 2.45) is 0 Å². The summed E-state index contributed by atoms with van der Waals surface area (Å²) in [6.45, 7) is 7.38. The minimum Gasteiger partial charge on any atom is -0.478 e. The first kappa shape index (κ1) is 13.4. The van der Waals surface area contributed by atoms with E-state index in [-0.39, 0.29) is 0 Å². The Hall–Kier alpha value is -1.07. The van der Waals surface area contributed by atoms with Gasteiger partial charge in [0.05, 0.1) is 5.56 Å². The lowest BCUT2D eigenvalue weighted by Crippen LogP contribution is -2.46. The van der Waals surface area contributed by atoms with Gasteiger partial charge in [-0.1, -0.05) is 6.92 Å². The highest BCUT2D eigenvalue weighted by molar-refractivity contribution is 9.10. The first-order valence-electron chi connectivity index (χ1n) is 6.12. The topological polar surface area (TPSA) is 43.8 Å². The molecule has 1 fully saturated rings. The smallest absolute Gasteiger partial charge is 0.336 e. The number of rotatable bonds is 3. The summed E-state index contributed by atoms with van der Waals surface area (Å²) in [6.07, 6.45) is 0. The van der Waals surface area contributed by atoms with E-state index >= 15 is 0 Å². The largest absolute Gasteiger partial charge is 0.478 e. The highest BCUT2D eigenvalue weighted by Crippen LogP contribution is 2.25. The Kier molecular flexibility index (Phi) is 4.24. The van der Waals surface area contributed by atoms with E-state index in [4.69, 9.17) is 5.11 Å². The summed E-state index contributed by atoms with van der Waals surface area (Å²) in [4.78, 5) is 15.6. The van der Waals surface area contributed by atoms with Crippen LogP contribution in [0.15, 0.2) is 22.7 Å². The number of carboxylic acids is 1. The van der Waals surface area contributed by atoms with E-state index in [1.807, 2.05) is 12.1 Å². The van der Waals surface area contributed by atoms with E-state index in [2.05, 4.69) is 32.7 Å². The number of anilines is 1. The molecule has 1 aromatic rings. The molecule has 0 saturated carbocycles. The van der Waals surface area contributed by atoms with Gasteiger partial charge in [-0.15, -0.1) is 0 Å². The lowest BCUT2D eigenvalue weighted by atomic mass is 10.2. The van der Waals surface area contributed by atoms with Gasteiger partial charge in [0.2, 0.25) is 0 Å². The maximum absolute atomic E-state index is 10.9.